The normalized spacial score (nSPS) is 31.5. The van der Waals surface area contributed by atoms with E-state index < -0.39 is 51.7 Å². The molecule has 3 aliphatic heterocycles. The fraction of sp³-hybridized carbons (Fsp3) is 0.553. The van der Waals surface area contributed by atoms with Crippen molar-refractivity contribution >= 4 is 24.1 Å². The third kappa shape index (κ3) is 4.90. The predicted octanol–water partition coefficient (Wildman–Crippen LogP) is 5.45. The molecule has 0 amide bonds. The van der Waals surface area contributed by atoms with Crippen molar-refractivity contribution in [3.63, 3.8) is 0 Å². The van der Waals surface area contributed by atoms with Gasteiger partial charge in [0.25, 0.3) is 6.47 Å². The second kappa shape index (κ2) is 11.1. The van der Waals surface area contributed by atoms with Crippen LogP contribution >= 0.6 is 0 Å². The van der Waals surface area contributed by atoms with E-state index in [-0.39, 0.29) is 41.4 Å². The lowest BCUT2D eigenvalue weighted by molar-refractivity contribution is -0.171. The van der Waals surface area contributed by atoms with E-state index in [1.807, 2.05) is 40.7 Å². The van der Waals surface area contributed by atoms with Gasteiger partial charge in [0.05, 0.1) is 22.9 Å². The zero-order valence-corrected chi connectivity index (χ0v) is 28.9. The van der Waals surface area contributed by atoms with E-state index in [2.05, 4.69) is 0 Å². The Morgan fingerprint density at radius 2 is 1.83 bits per heavy atom. The molecule has 4 bridgehead atoms. The molecule has 1 aromatic carbocycles. The van der Waals surface area contributed by atoms with Crippen molar-refractivity contribution in [3.05, 3.63) is 57.9 Å². The number of fused-ring (bicyclic) bond motifs is 2. The number of ether oxygens (including phenoxy) is 4. The van der Waals surface area contributed by atoms with Crippen LogP contribution in [0.2, 0.25) is 0 Å². The molecule has 1 spiro atoms. The summed E-state index contributed by atoms with van der Waals surface area (Å²) in [7, 11) is 0. The third-order valence-electron chi connectivity index (χ3n) is 10.9. The number of Topliss-reactive ketones (excluding diaryl/α,β-unsaturated/α-hetero) is 2. The predicted molar refractivity (Wildman–Crippen MR) is 177 cm³/mol. The average molecular weight is 663 g/mol. The van der Waals surface area contributed by atoms with Gasteiger partial charge in [0, 0.05) is 29.4 Å². The minimum atomic E-state index is -1.60. The number of phenolic OH excluding ortho intramolecular Hbond substituents is 1. The summed E-state index contributed by atoms with van der Waals surface area (Å²) >= 11 is 0. The Balaban J connectivity index is 1.55. The summed E-state index contributed by atoms with van der Waals surface area (Å²) in [6.07, 6.45) is 9.15. The molecule has 3 N–H and O–H groups in total. The van der Waals surface area contributed by atoms with Gasteiger partial charge in [0.1, 0.15) is 34.2 Å². The van der Waals surface area contributed by atoms with Gasteiger partial charge in [-0.25, -0.2) is 0 Å². The van der Waals surface area contributed by atoms with Crippen LogP contribution < -0.4 is 9.47 Å². The SMILES string of the molecule is CC(C)=CCc1c2c(c(O)c3c1O[C@]14C(=C[C@H]5CC1C(C)(C)OC4(CC=C(C)OC=O)C5=O)C3=O)C=C[C@@](C)(CCC(O)C(C)(C)O)O2. The van der Waals surface area contributed by atoms with Crippen molar-refractivity contribution in [2.45, 2.75) is 122 Å². The van der Waals surface area contributed by atoms with Crippen LogP contribution in [-0.2, 0) is 25.5 Å². The summed E-state index contributed by atoms with van der Waals surface area (Å²) in [5.41, 5.74) is -4.01. The third-order valence-corrected chi connectivity index (χ3v) is 10.9. The molecule has 48 heavy (non-hydrogen) atoms. The Bertz CT molecular complexity index is 1720. The number of ketones is 2. The van der Waals surface area contributed by atoms with E-state index >= 15 is 0 Å². The minimum absolute atomic E-state index is 0.00293. The van der Waals surface area contributed by atoms with E-state index in [0.29, 0.717) is 48.2 Å². The molecule has 3 unspecified atom stereocenters. The van der Waals surface area contributed by atoms with Crippen molar-refractivity contribution in [2.75, 3.05) is 0 Å². The fourth-order valence-corrected chi connectivity index (χ4v) is 8.33. The lowest BCUT2D eigenvalue weighted by Crippen LogP contribution is -2.72. The molecular formula is C38H46O10. The Hall–Kier alpha value is -3.73. The van der Waals surface area contributed by atoms with E-state index in [1.54, 1.807) is 45.1 Å². The first-order valence-electron chi connectivity index (χ1n) is 16.6. The smallest absolute Gasteiger partial charge is 0.298 e. The Labute approximate surface area is 281 Å². The van der Waals surface area contributed by atoms with Crippen molar-refractivity contribution < 1.29 is 48.7 Å². The van der Waals surface area contributed by atoms with E-state index in [1.165, 1.54) is 0 Å². The van der Waals surface area contributed by atoms with Crippen LogP contribution in [-0.4, -0.2) is 67.5 Å². The van der Waals surface area contributed by atoms with Gasteiger partial charge in [-0.2, -0.15) is 0 Å². The number of allylic oxidation sites excluding steroid dienone is 4. The highest BCUT2D eigenvalue weighted by atomic mass is 16.6. The monoisotopic (exact) mass is 662 g/mol. The summed E-state index contributed by atoms with van der Waals surface area (Å²) in [4.78, 5) is 40.2. The summed E-state index contributed by atoms with van der Waals surface area (Å²) in [5.74, 6) is -1.11. The highest BCUT2D eigenvalue weighted by Crippen LogP contribution is 2.68. The highest BCUT2D eigenvalue weighted by Gasteiger charge is 2.81. The van der Waals surface area contributed by atoms with E-state index in [9.17, 15) is 29.7 Å². The number of aromatic hydroxyl groups is 1. The first kappa shape index (κ1) is 34.1. The maximum absolute atomic E-state index is 14.8. The maximum Gasteiger partial charge on any atom is 0.298 e. The number of carbonyl (C=O) groups excluding carboxylic acids is 3. The van der Waals surface area contributed by atoms with Gasteiger partial charge >= 0.3 is 0 Å². The number of phenols is 1. The molecule has 10 nitrogen and oxygen atoms in total. The number of aliphatic hydroxyl groups excluding tert-OH is 1. The molecule has 258 valence electrons. The van der Waals surface area contributed by atoms with E-state index in [0.717, 1.165) is 5.57 Å². The molecule has 7 rings (SSSR count). The van der Waals surface area contributed by atoms with Crippen LogP contribution in [0.3, 0.4) is 0 Å². The van der Waals surface area contributed by atoms with E-state index in [4.69, 9.17) is 18.9 Å². The number of hydrogen-bond donors (Lipinski definition) is 3. The Kier molecular flexibility index (Phi) is 7.93. The highest BCUT2D eigenvalue weighted by molar-refractivity contribution is 6.19. The van der Waals surface area contributed by atoms with Gasteiger partial charge in [0.2, 0.25) is 0 Å². The van der Waals surface area contributed by atoms with Gasteiger partial charge in [-0.1, -0.05) is 17.7 Å². The van der Waals surface area contributed by atoms with Crippen LogP contribution in [0.1, 0.15) is 103 Å². The Morgan fingerprint density at radius 1 is 1.12 bits per heavy atom. The molecule has 3 aliphatic carbocycles. The molecule has 6 aliphatic rings. The quantitative estimate of drug-likeness (QED) is 0.168. The molecular weight excluding hydrogens is 616 g/mol. The van der Waals surface area contributed by atoms with Crippen molar-refractivity contribution in [2.24, 2.45) is 11.8 Å². The summed E-state index contributed by atoms with van der Waals surface area (Å²) in [6.45, 7) is 14.6. The second-order valence-electron chi connectivity index (χ2n) is 15.5. The number of carbonyl (C=O) groups is 3. The average Bonchev–Trinajstić information content (AvgIpc) is 3.15. The fourth-order valence-electron chi connectivity index (χ4n) is 8.33. The van der Waals surface area contributed by atoms with Crippen molar-refractivity contribution in [1.82, 2.24) is 0 Å². The lowest BCUT2D eigenvalue weighted by atomic mass is 9.51. The van der Waals surface area contributed by atoms with Gasteiger partial charge < -0.3 is 34.3 Å². The van der Waals surface area contributed by atoms with Gasteiger partial charge in [-0.05, 0) is 99.3 Å². The lowest BCUT2D eigenvalue weighted by Gasteiger charge is -2.56. The van der Waals surface area contributed by atoms with Gasteiger partial charge in [0.15, 0.2) is 22.8 Å². The molecule has 2 fully saturated rings. The molecule has 0 radical (unpaired) electrons. The Morgan fingerprint density at radius 3 is 2.48 bits per heavy atom. The number of rotatable bonds is 10. The largest absolute Gasteiger partial charge is 0.506 e. The van der Waals surface area contributed by atoms with Gasteiger partial charge in [-0.15, -0.1) is 0 Å². The van der Waals surface area contributed by atoms with Crippen molar-refractivity contribution in [3.8, 4) is 17.2 Å². The van der Waals surface area contributed by atoms with Crippen LogP contribution in [0, 0.1) is 11.8 Å². The summed E-state index contributed by atoms with van der Waals surface area (Å²) in [5, 5.41) is 32.7. The zero-order chi connectivity index (χ0) is 35.2. The summed E-state index contributed by atoms with van der Waals surface area (Å²) < 4.78 is 25.6. The molecule has 6 atom stereocenters. The van der Waals surface area contributed by atoms with Crippen LogP contribution in [0.5, 0.6) is 17.2 Å². The topological polar surface area (TPSA) is 149 Å². The molecule has 1 aromatic rings. The van der Waals surface area contributed by atoms with Crippen LogP contribution in [0.15, 0.2) is 41.2 Å². The zero-order valence-electron chi connectivity index (χ0n) is 28.9. The van der Waals surface area contributed by atoms with Crippen molar-refractivity contribution in [1.29, 1.82) is 0 Å². The summed E-state index contributed by atoms with van der Waals surface area (Å²) in [6, 6.07) is 0. The second-order valence-corrected chi connectivity index (χ2v) is 15.5. The number of benzene rings is 1. The molecule has 10 heteroatoms. The maximum atomic E-state index is 14.8. The molecule has 0 aromatic heterocycles. The van der Waals surface area contributed by atoms with Gasteiger partial charge in [-0.3, -0.25) is 14.4 Å². The van der Waals surface area contributed by atoms with Crippen LogP contribution in [0.4, 0.5) is 0 Å². The first-order valence-corrected chi connectivity index (χ1v) is 16.6. The molecule has 1 saturated heterocycles. The number of aliphatic hydroxyl groups is 2. The standard InChI is InChI=1S/C38H46O10/c1-20(2)9-10-24-31-23(12-14-36(8,46-31)15-13-27(40)34(4,5)44)29(41)28-30(42)25-17-22-18-26-35(6,7)48-37(33(22)43,16-11-21(3)45-19-39)38(25,26)47-32(24)28/h9,11-12,14,17,19,22,26-27,40-41,44H,10,13,15-16,18H2,1-8H3/t22-,26?,27?,36-,37?,38+/m0/s1. The van der Waals surface area contributed by atoms with Crippen LogP contribution in [0.25, 0.3) is 6.08 Å². The minimum Gasteiger partial charge on any atom is -0.506 e. The molecule has 1 saturated carbocycles. The molecule has 3 heterocycles. The number of hydrogen-bond acceptors (Lipinski definition) is 10. The first-order chi connectivity index (χ1) is 22.3.